The van der Waals surface area contributed by atoms with Crippen LogP contribution in [0.4, 0.5) is 10.2 Å². The van der Waals surface area contributed by atoms with E-state index in [-0.39, 0.29) is 40.4 Å². The van der Waals surface area contributed by atoms with Crippen LogP contribution in [0.15, 0.2) is 36.7 Å². The number of aromatic nitrogens is 4. The van der Waals surface area contributed by atoms with Crippen molar-refractivity contribution in [1.82, 2.24) is 19.6 Å². The summed E-state index contributed by atoms with van der Waals surface area (Å²) >= 11 is 0. The van der Waals surface area contributed by atoms with Gasteiger partial charge in [-0.1, -0.05) is 0 Å². The molecule has 1 aromatic carbocycles. The van der Waals surface area contributed by atoms with Crippen molar-refractivity contribution < 1.29 is 17.6 Å². The molecular formula is C22H20FN5O3S. The van der Waals surface area contributed by atoms with E-state index in [0.717, 1.165) is 0 Å². The molecule has 0 aliphatic carbocycles. The van der Waals surface area contributed by atoms with E-state index in [2.05, 4.69) is 10.1 Å². The molecule has 0 amide bonds. The smallest absolute Gasteiger partial charge is 0.165 e. The van der Waals surface area contributed by atoms with Crippen LogP contribution in [-0.2, 0) is 9.84 Å². The third kappa shape index (κ3) is 3.40. The van der Waals surface area contributed by atoms with Crippen LogP contribution < -0.4 is 5.73 Å². The van der Waals surface area contributed by atoms with Crippen molar-refractivity contribution in [3.05, 3.63) is 53.7 Å². The van der Waals surface area contributed by atoms with Crippen molar-refractivity contribution in [2.75, 3.05) is 17.2 Å². The molecule has 4 heterocycles. The Hall–Kier alpha value is -3.40. The van der Waals surface area contributed by atoms with Crippen LogP contribution in [-0.4, -0.2) is 45.3 Å². The zero-order valence-electron chi connectivity index (χ0n) is 17.2. The minimum atomic E-state index is -3.07. The molecular weight excluding hydrogens is 433 g/mol. The van der Waals surface area contributed by atoms with Gasteiger partial charge >= 0.3 is 0 Å². The number of sulfone groups is 1. The predicted molar refractivity (Wildman–Crippen MR) is 119 cm³/mol. The predicted octanol–water partition coefficient (Wildman–Crippen LogP) is 3.16. The van der Waals surface area contributed by atoms with Gasteiger partial charge in [-0.3, -0.25) is 9.78 Å². The molecule has 0 unspecified atom stereocenters. The Morgan fingerprint density at radius 3 is 2.66 bits per heavy atom. The number of fused-ring (bicyclic) bond motifs is 2. The highest BCUT2D eigenvalue weighted by Crippen LogP contribution is 2.35. The van der Waals surface area contributed by atoms with Crippen molar-refractivity contribution in [1.29, 1.82) is 0 Å². The molecule has 2 N–H and O–H groups in total. The van der Waals surface area contributed by atoms with Crippen LogP contribution in [0.3, 0.4) is 0 Å². The number of hydrogen-bond acceptors (Lipinski definition) is 7. The maximum absolute atomic E-state index is 13.7. The Morgan fingerprint density at radius 1 is 1.19 bits per heavy atom. The number of benzene rings is 1. The minimum Gasteiger partial charge on any atom is -0.383 e. The van der Waals surface area contributed by atoms with Gasteiger partial charge in [-0.15, -0.1) is 0 Å². The van der Waals surface area contributed by atoms with Gasteiger partial charge in [0.05, 0.1) is 34.5 Å². The Labute approximate surface area is 183 Å². The number of hydrogen-bond donors (Lipinski definition) is 1. The van der Waals surface area contributed by atoms with Crippen LogP contribution in [0.25, 0.3) is 27.7 Å². The zero-order valence-corrected chi connectivity index (χ0v) is 18.1. The van der Waals surface area contributed by atoms with E-state index in [1.807, 2.05) is 0 Å². The van der Waals surface area contributed by atoms with E-state index in [0.29, 0.717) is 46.2 Å². The lowest BCUT2D eigenvalue weighted by atomic mass is 9.93. The number of carbonyl (C=O) groups is 1. The fraction of sp³-hybridized carbons (Fsp3) is 0.273. The van der Waals surface area contributed by atoms with Crippen LogP contribution >= 0.6 is 0 Å². The second-order valence-corrected chi connectivity index (χ2v) is 10.4. The van der Waals surface area contributed by atoms with Crippen LogP contribution in [0.1, 0.15) is 41.7 Å². The van der Waals surface area contributed by atoms with Crippen LogP contribution in [0, 0.1) is 5.82 Å². The summed E-state index contributed by atoms with van der Waals surface area (Å²) in [6.07, 6.45) is 4.00. The lowest BCUT2D eigenvalue weighted by molar-refractivity contribution is 0.101. The molecule has 0 radical (unpaired) electrons. The van der Waals surface area contributed by atoms with E-state index in [9.17, 15) is 17.6 Å². The van der Waals surface area contributed by atoms with Crippen molar-refractivity contribution in [3.63, 3.8) is 0 Å². The maximum Gasteiger partial charge on any atom is 0.165 e. The second kappa shape index (κ2) is 7.33. The molecule has 0 atom stereocenters. The molecule has 5 rings (SSSR count). The number of rotatable bonds is 3. The normalized spacial score (nSPS) is 16.6. The summed E-state index contributed by atoms with van der Waals surface area (Å²) in [5.74, 6) is -0.546. The molecule has 1 aliphatic heterocycles. The molecule has 10 heteroatoms. The lowest BCUT2D eigenvalue weighted by Gasteiger charge is -2.24. The fourth-order valence-corrected chi connectivity index (χ4v) is 5.80. The number of nitrogens with zero attached hydrogens (tertiary/aromatic N) is 4. The third-order valence-corrected chi connectivity index (χ3v) is 7.67. The van der Waals surface area contributed by atoms with Gasteiger partial charge in [-0.25, -0.2) is 17.8 Å². The van der Waals surface area contributed by atoms with Crippen LogP contribution in [0.5, 0.6) is 0 Å². The van der Waals surface area contributed by atoms with Gasteiger partial charge in [0.1, 0.15) is 21.5 Å². The second-order valence-electron chi connectivity index (χ2n) is 8.09. The van der Waals surface area contributed by atoms with E-state index >= 15 is 0 Å². The highest BCUT2D eigenvalue weighted by molar-refractivity contribution is 7.91. The molecule has 32 heavy (non-hydrogen) atoms. The monoisotopic (exact) mass is 453 g/mol. The summed E-state index contributed by atoms with van der Waals surface area (Å²) in [5, 5.41) is 4.96. The first-order chi connectivity index (χ1) is 15.2. The van der Waals surface area contributed by atoms with E-state index < -0.39 is 9.84 Å². The Morgan fingerprint density at radius 2 is 1.94 bits per heavy atom. The maximum atomic E-state index is 13.7. The molecule has 3 aromatic heterocycles. The average molecular weight is 453 g/mol. The fourth-order valence-electron chi connectivity index (χ4n) is 4.31. The zero-order chi connectivity index (χ0) is 22.6. The molecule has 0 spiro atoms. The van der Waals surface area contributed by atoms with Crippen LogP contribution in [0.2, 0.25) is 0 Å². The van der Waals surface area contributed by atoms with Gasteiger partial charge in [-0.2, -0.15) is 9.61 Å². The van der Waals surface area contributed by atoms with E-state index in [4.69, 9.17) is 10.7 Å². The number of halogens is 1. The Balaban J connectivity index is 1.69. The van der Waals surface area contributed by atoms with Gasteiger partial charge in [0.2, 0.25) is 0 Å². The Bertz CT molecular complexity index is 1500. The highest BCUT2D eigenvalue weighted by Gasteiger charge is 2.31. The first kappa shape index (κ1) is 20.5. The SMILES string of the molecule is CC(=O)c1c(C2CCS(=O)(=O)CC2)nc2c(-c3cnc4ccc(F)cc4c3)cnn2c1N. The summed E-state index contributed by atoms with van der Waals surface area (Å²) in [6.45, 7) is 1.41. The molecule has 1 aliphatic rings. The number of ketones is 1. The van der Waals surface area contributed by atoms with Gasteiger partial charge < -0.3 is 5.73 Å². The van der Waals surface area contributed by atoms with Gasteiger partial charge in [0.15, 0.2) is 11.4 Å². The van der Waals surface area contributed by atoms with E-state index in [1.165, 1.54) is 23.6 Å². The number of pyridine rings is 1. The summed E-state index contributed by atoms with van der Waals surface area (Å²) in [4.78, 5) is 21.6. The summed E-state index contributed by atoms with van der Waals surface area (Å²) in [5.41, 5.74) is 9.52. The van der Waals surface area contributed by atoms with Gasteiger partial charge in [-0.05, 0) is 44.0 Å². The summed E-state index contributed by atoms with van der Waals surface area (Å²) in [7, 11) is -3.07. The van der Waals surface area contributed by atoms with Crippen molar-refractivity contribution in [3.8, 4) is 11.1 Å². The van der Waals surface area contributed by atoms with Gasteiger partial charge in [0, 0.05) is 28.6 Å². The molecule has 1 saturated heterocycles. The molecule has 0 saturated carbocycles. The minimum absolute atomic E-state index is 0.0497. The first-order valence-corrected chi connectivity index (χ1v) is 12.0. The van der Waals surface area contributed by atoms with Gasteiger partial charge in [0.25, 0.3) is 0 Å². The van der Waals surface area contributed by atoms with Crippen molar-refractivity contribution >= 4 is 38.0 Å². The molecule has 4 aromatic rings. The largest absolute Gasteiger partial charge is 0.383 e. The van der Waals surface area contributed by atoms with E-state index in [1.54, 1.807) is 24.5 Å². The molecule has 8 nitrogen and oxygen atoms in total. The topological polar surface area (TPSA) is 120 Å². The molecule has 0 bridgehead atoms. The summed E-state index contributed by atoms with van der Waals surface area (Å²) in [6, 6.07) is 6.16. The third-order valence-electron chi connectivity index (χ3n) is 5.96. The molecule has 1 fully saturated rings. The Kier molecular flexibility index (Phi) is 4.70. The number of Topliss-reactive ketones (excluding diaryl/α,β-unsaturated/α-hetero) is 1. The number of nitrogens with two attached hydrogens (primary N) is 1. The quantitative estimate of drug-likeness (QED) is 0.473. The molecule has 164 valence electrons. The average Bonchev–Trinajstić information content (AvgIpc) is 3.17. The summed E-state index contributed by atoms with van der Waals surface area (Å²) < 4.78 is 38.9. The van der Waals surface area contributed by atoms with Crippen molar-refractivity contribution in [2.45, 2.75) is 25.7 Å². The highest BCUT2D eigenvalue weighted by atomic mass is 32.2. The number of nitrogen functional groups attached to an aromatic ring is 1. The first-order valence-electron chi connectivity index (χ1n) is 10.2. The number of carbonyl (C=O) groups excluding carboxylic acids is 1. The standard InChI is InChI=1S/C22H20FN5O3S/c1-12(29)19-20(13-4-6-32(30,31)7-5-13)27-22-17(11-26-28(22)21(19)24)15-8-14-9-16(23)2-3-18(14)25-10-15/h2-3,8-11,13H,4-7,24H2,1H3. The number of anilines is 1. The van der Waals surface area contributed by atoms with Crippen molar-refractivity contribution in [2.24, 2.45) is 0 Å². The lowest BCUT2D eigenvalue weighted by Crippen LogP contribution is -2.25.